The van der Waals surface area contributed by atoms with Crippen molar-refractivity contribution >= 4 is 38.1 Å². The van der Waals surface area contributed by atoms with Gasteiger partial charge in [0.05, 0.1) is 13.2 Å². The maximum Gasteiger partial charge on any atom is 0.351 e. The number of amides is 1. The van der Waals surface area contributed by atoms with Gasteiger partial charge in [-0.25, -0.2) is 9.11 Å². The van der Waals surface area contributed by atoms with Gasteiger partial charge in [0.2, 0.25) is 5.91 Å². The van der Waals surface area contributed by atoms with Crippen LogP contribution in [-0.2, 0) is 38.6 Å². The van der Waals surface area contributed by atoms with E-state index in [0.717, 1.165) is 21.5 Å². The zero-order valence-corrected chi connectivity index (χ0v) is 22.7. The molecule has 1 aliphatic heterocycles. The Hall–Kier alpha value is -2.81. The van der Waals surface area contributed by atoms with Gasteiger partial charge in [0.25, 0.3) is 15.6 Å². The van der Waals surface area contributed by atoms with Crippen LogP contribution in [0.4, 0.5) is 5.82 Å². The Morgan fingerprint density at radius 2 is 1.77 bits per heavy atom. The minimum absolute atomic E-state index is 0.0460. The van der Waals surface area contributed by atoms with E-state index in [0.29, 0.717) is 5.56 Å². The van der Waals surface area contributed by atoms with Gasteiger partial charge in [-0.05, 0) is 28.5 Å². The Morgan fingerprint density at radius 3 is 2.48 bits per heavy atom. The van der Waals surface area contributed by atoms with E-state index in [1.54, 1.807) is 31.2 Å². The monoisotopic (exact) mass is 597 g/mol. The summed E-state index contributed by atoms with van der Waals surface area (Å²) >= 11 is 0. The van der Waals surface area contributed by atoms with Crippen molar-refractivity contribution in [2.45, 2.75) is 44.5 Å². The van der Waals surface area contributed by atoms with Gasteiger partial charge in [-0.2, -0.15) is 4.98 Å². The van der Waals surface area contributed by atoms with Gasteiger partial charge < -0.3 is 39.1 Å². The van der Waals surface area contributed by atoms with Crippen LogP contribution in [-0.4, -0.2) is 50.6 Å². The molecule has 3 unspecified atom stereocenters. The second kappa shape index (κ2) is 12.4. The summed E-state index contributed by atoms with van der Waals surface area (Å²) in [4.78, 5) is 51.8. The molecule has 0 saturated carbocycles. The fraction of sp³-hybridized carbons (Fsp3) is 0.348. The fourth-order valence-electron chi connectivity index (χ4n) is 3.82. The molecule has 0 aliphatic carbocycles. The van der Waals surface area contributed by atoms with E-state index in [2.05, 4.69) is 23.7 Å². The second-order valence-corrected chi connectivity index (χ2v) is 11.6. The molecule has 1 aromatic heterocycles. The predicted molar refractivity (Wildman–Crippen MR) is 134 cm³/mol. The first kappa shape index (κ1) is 30.2. The molecule has 2 heterocycles. The van der Waals surface area contributed by atoms with E-state index in [1.165, 1.54) is 6.07 Å². The number of nitrogens with zero attached hydrogens (tertiary/aromatic N) is 2. The summed E-state index contributed by atoms with van der Waals surface area (Å²) < 4.78 is 43.8. The molecule has 15 nitrogen and oxygen atoms in total. The summed E-state index contributed by atoms with van der Waals surface area (Å²) in [6, 6.07) is 13.6. The lowest BCUT2D eigenvalue weighted by Crippen LogP contribution is -2.36. The lowest BCUT2D eigenvalue weighted by molar-refractivity contribution is -0.246. The summed E-state index contributed by atoms with van der Waals surface area (Å²) in [7, 11) is -10.9. The number of aliphatic hydroxyl groups is 2. The van der Waals surface area contributed by atoms with E-state index in [-0.39, 0.29) is 18.1 Å². The number of carbonyl (C=O) groups excluding carboxylic acids is 1. The molecule has 216 valence electrons. The van der Waals surface area contributed by atoms with Crippen LogP contribution in [0.3, 0.4) is 0 Å². The number of hydrogen-bond donors (Lipinski definition) is 3. The van der Waals surface area contributed by atoms with Gasteiger partial charge in [-0.3, -0.25) is 18.5 Å². The van der Waals surface area contributed by atoms with Crippen LogP contribution in [0, 0.1) is 0 Å². The molecule has 0 radical (unpaired) electrons. The van der Waals surface area contributed by atoms with Crippen molar-refractivity contribution in [2.75, 3.05) is 11.9 Å². The summed E-state index contributed by atoms with van der Waals surface area (Å²) in [6.07, 6.45) is -5.17. The number of ether oxygens (including phenoxy) is 1. The van der Waals surface area contributed by atoms with Crippen molar-refractivity contribution in [1.82, 2.24) is 9.55 Å². The minimum Gasteiger partial charge on any atom is -0.756 e. The van der Waals surface area contributed by atoms with Gasteiger partial charge in [0.15, 0.2) is 6.23 Å². The summed E-state index contributed by atoms with van der Waals surface area (Å²) in [6.45, 7) is 0.129. The SMILES string of the molecule is CCC(=O)Nc1ccn([C@@H]2O[C@H](COP(=O)([O-])OP(=O)([O-])OCc3ccc4ccccc4c3)[C@H](O)C2O)c(=O)n1. The minimum atomic E-state index is -5.54. The van der Waals surface area contributed by atoms with E-state index in [4.69, 9.17) is 4.74 Å². The van der Waals surface area contributed by atoms with Crippen LogP contribution >= 0.6 is 15.6 Å². The zero-order chi connectivity index (χ0) is 29.1. The van der Waals surface area contributed by atoms with Crippen LogP contribution in [0.5, 0.6) is 0 Å². The maximum atomic E-state index is 12.4. The number of nitrogens with one attached hydrogen (secondary N) is 1. The highest BCUT2D eigenvalue weighted by atomic mass is 31.3. The summed E-state index contributed by atoms with van der Waals surface area (Å²) in [5, 5.41) is 24.7. The summed E-state index contributed by atoms with van der Waals surface area (Å²) in [5.41, 5.74) is -0.506. The quantitative estimate of drug-likeness (QED) is 0.257. The number of benzene rings is 2. The van der Waals surface area contributed by atoms with Crippen molar-refractivity contribution < 1.29 is 52.0 Å². The number of aromatic nitrogens is 2. The lowest BCUT2D eigenvalue weighted by atomic mass is 10.1. The number of rotatable bonds is 11. The van der Waals surface area contributed by atoms with Gasteiger partial charge in [-0.1, -0.05) is 43.3 Å². The highest BCUT2D eigenvalue weighted by Gasteiger charge is 2.44. The average molecular weight is 597 g/mol. The number of carbonyl (C=O) groups is 1. The molecule has 0 spiro atoms. The second-order valence-electron chi connectivity index (χ2n) is 8.68. The number of hydrogen-bond acceptors (Lipinski definition) is 13. The Bertz CT molecular complexity index is 1530. The summed E-state index contributed by atoms with van der Waals surface area (Å²) in [5.74, 6) is -0.434. The smallest absolute Gasteiger partial charge is 0.351 e. The molecule has 6 atom stereocenters. The number of fused-ring (bicyclic) bond motifs is 1. The molecule has 3 N–H and O–H groups in total. The number of aliphatic hydroxyl groups excluding tert-OH is 2. The lowest BCUT2D eigenvalue weighted by Gasteiger charge is -2.31. The highest BCUT2D eigenvalue weighted by Crippen LogP contribution is 2.56. The van der Waals surface area contributed by atoms with E-state index >= 15 is 0 Å². The molecule has 1 saturated heterocycles. The molecular weight excluding hydrogens is 572 g/mol. The van der Waals surface area contributed by atoms with E-state index in [9.17, 15) is 38.7 Å². The number of phosphoric acid groups is 2. The van der Waals surface area contributed by atoms with Gasteiger partial charge in [0, 0.05) is 12.6 Å². The Labute approximate surface area is 227 Å². The number of anilines is 1. The van der Waals surface area contributed by atoms with Crippen LogP contribution in [0.15, 0.2) is 59.5 Å². The van der Waals surface area contributed by atoms with Crippen molar-refractivity contribution in [3.63, 3.8) is 0 Å². The largest absolute Gasteiger partial charge is 0.756 e. The Balaban J connectivity index is 1.33. The molecule has 4 rings (SSSR count). The van der Waals surface area contributed by atoms with Gasteiger partial charge in [-0.15, -0.1) is 0 Å². The van der Waals surface area contributed by atoms with Crippen LogP contribution in [0.25, 0.3) is 10.8 Å². The molecule has 40 heavy (non-hydrogen) atoms. The topological polar surface area (TPSA) is 222 Å². The maximum absolute atomic E-state index is 12.4. The van der Waals surface area contributed by atoms with Gasteiger partial charge >= 0.3 is 5.69 Å². The zero-order valence-electron chi connectivity index (χ0n) is 20.9. The van der Waals surface area contributed by atoms with Crippen molar-refractivity contribution in [2.24, 2.45) is 0 Å². The average Bonchev–Trinajstić information content (AvgIpc) is 3.19. The van der Waals surface area contributed by atoms with Crippen molar-refractivity contribution in [3.8, 4) is 0 Å². The normalized spacial score (nSPS) is 23.9. The van der Waals surface area contributed by atoms with E-state index < -0.39 is 59.1 Å². The molecule has 3 aromatic rings. The molecule has 0 bridgehead atoms. The van der Waals surface area contributed by atoms with Crippen molar-refractivity contribution in [1.29, 1.82) is 0 Å². The van der Waals surface area contributed by atoms with Crippen LogP contribution in [0.2, 0.25) is 0 Å². The fourth-order valence-corrected chi connectivity index (χ4v) is 5.81. The van der Waals surface area contributed by atoms with E-state index in [1.807, 2.05) is 18.2 Å². The third kappa shape index (κ3) is 7.47. The first-order chi connectivity index (χ1) is 18.9. The first-order valence-corrected chi connectivity index (χ1v) is 14.8. The molecular formula is C23H25N3O12P2-2. The Morgan fingerprint density at radius 1 is 1.07 bits per heavy atom. The highest BCUT2D eigenvalue weighted by molar-refractivity contribution is 7.59. The molecule has 1 aliphatic rings. The molecule has 2 aromatic carbocycles. The molecule has 17 heteroatoms. The van der Waals surface area contributed by atoms with Crippen LogP contribution < -0.4 is 20.8 Å². The Kier molecular flexibility index (Phi) is 9.33. The predicted octanol–water partition coefficient (Wildman–Crippen LogP) is 0.551. The third-order valence-corrected chi connectivity index (χ3v) is 8.34. The molecule has 1 amide bonds. The standard InChI is InChI=1S/C23H27N3O12P2/c1-2-19(27)24-18-9-10-26(23(30)25-18)22-21(29)20(28)17(37-22)13-36-40(33,34)38-39(31,32)35-12-14-7-8-15-5-3-4-6-16(15)11-14/h3-11,17,20-22,28-29H,2,12-13H2,1H3,(H,31,32)(H,33,34)(H,24,25,27,30)/p-2/t17-,20+,21?,22-/m1/s1. The third-order valence-electron chi connectivity index (χ3n) is 5.83. The molecule has 1 fully saturated rings. The van der Waals surface area contributed by atoms with Crippen LogP contribution in [0.1, 0.15) is 25.1 Å². The van der Waals surface area contributed by atoms with Gasteiger partial charge in [0.1, 0.15) is 24.1 Å². The number of phosphoric ester groups is 2. The van der Waals surface area contributed by atoms with Crippen molar-refractivity contribution in [3.05, 3.63) is 70.8 Å². The first-order valence-electron chi connectivity index (χ1n) is 11.9.